The molecule has 1 aliphatic rings. The molecule has 2 aromatic carbocycles. The van der Waals surface area contributed by atoms with Crippen LogP contribution in [0.25, 0.3) is 0 Å². The normalized spacial score (nSPS) is 18.1. The van der Waals surface area contributed by atoms with Crippen molar-refractivity contribution in [2.45, 2.75) is 18.6 Å². The highest BCUT2D eigenvalue weighted by Crippen LogP contribution is 2.30. The SMILES string of the molecule is C/C(=N\N=C1\NC(=O)C(CC(=O)Nc2cccc(Cl)c2Cl)S1)c1ccc(F)cc1. The number of amidine groups is 1. The number of nitrogens with zero attached hydrogens (tertiary/aromatic N) is 2. The highest BCUT2D eigenvalue weighted by molar-refractivity contribution is 8.15. The van der Waals surface area contributed by atoms with Crippen molar-refractivity contribution in [1.29, 1.82) is 0 Å². The lowest BCUT2D eigenvalue weighted by atomic mass is 10.1. The molecule has 6 nitrogen and oxygen atoms in total. The molecular formula is C19H15Cl2FN4O2S. The molecule has 1 aliphatic heterocycles. The largest absolute Gasteiger partial charge is 0.325 e. The van der Waals surface area contributed by atoms with E-state index in [1.165, 1.54) is 12.1 Å². The average Bonchev–Trinajstić information content (AvgIpc) is 3.03. The van der Waals surface area contributed by atoms with Crippen LogP contribution in [0, 0.1) is 5.82 Å². The Morgan fingerprint density at radius 2 is 1.97 bits per heavy atom. The van der Waals surface area contributed by atoms with Crippen molar-refractivity contribution in [1.82, 2.24) is 5.32 Å². The van der Waals surface area contributed by atoms with E-state index in [-0.39, 0.29) is 34.2 Å². The zero-order valence-electron chi connectivity index (χ0n) is 15.1. The summed E-state index contributed by atoms with van der Waals surface area (Å²) in [5, 5.41) is 13.5. The third kappa shape index (κ3) is 5.56. The summed E-state index contributed by atoms with van der Waals surface area (Å²) >= 11 is 13.1. The van der Waals surface area contributed by atoms with Crippen LogP contribution in [0.4, 0.5) is 10.1 Å². The summed E-state index contributed by atoms with van der Waals surface area (Å²) in [5.74, 6) is -1.06. The summed E-state index contributed by atoms with van der Waals surface area (Å²) in [7, 11) is 0. The lowest BCUT2D eigenvalue weighted by Crippen LogP contribution is -2.28. The predicted octanol–water partition coefficient (Wildman–Crippen LogP) is 4.47. The van der Waals surface area contributed by atoms with Gasteiger partial charge in [-0.1, -0.05) is 53.2 Å². The van der Waals surface area contributed by atoms with Gasteiger partial charge >= 0.3 is 0 Å². The average molecular weight is 453 g/mol. The van der Waals surface area contributed by atoms with E-state index >= 15 is 0 Å². The number of carbonyl (C=O) groups excluding carboxylic acids is 2. The van der Waals surface area contributed by atoms with E-state index in [1.807, 2.05) is 0 Å². The number of amides is 2. The molecule has 29 heavy (non-hydrogen) atoms. The van der Waals surface area contributed by atoms with Gasteiger partial charge in [-0.3, -0.25) is 9.59 Å². The van der Waals surface area contributed by atoms with Gasteiger partial charge in [0.25, 0.3) is 0 Å². The molecular weight excluding hydrogens is 438 g/mol. The highest BCUT2D eigenvalue weighted by atomic mass is 35.5. The van der Waals surface area contributed by atoms with Gasteiger partial charge in [-0.2, -0.15) is 5.10 Å². The van der Waals surface area contributed by atoms with Crippen LogP contribution in [-0.4, -0.2) is 27.9 Å². The third-order valence-corrected chi connectivity index (χ3v) is 5.82. The molecule has 1 atom stereocenters. The van der Waals surface area contributed by atoms with Crippen molar-refractivity contribution in [3.63, 3.8) is 0 Å². The Hall–Kier alpha value is -2.42. The van der Waals surface area contributed by atoms with Gasteiger partial charge in [0.15, 0.2) is 5.17 Å². The second kappa shape index (κ2) is 9.39. The molecule has 0 aliphatic carbocycles. The standard InChI is InChI=1S/C19H15Cl2FN4O2S/c1-10(11-5-7-12(22)8-6-11)25-26-19-24-18(28)15(29-19)9-16(27)23-14-4-2-3-13(20)17(14)21/h2-8,15H,9H2,1H3,(H,23,27)(H,24,26,28)/b25-10+. The summed E-state index contributed by atoms with van der Waals surface area (Å²) in [5.41, 5.74) is 1.64. The monoisotopic (exact) mass is 452 g/mol. The van der Waals surface area contributed by atoms with Gasteiger partial charge in [0.1, 0.15) is 11.1 Å². The van der Waals surface area contributed by atoms with Crippen molar-refractivity contribution < 1.29 is 14.0 Å². The quantitative estimate of drug-likeness (QED) is 0.518. The van der Waals surface area contributed by atoms with E-state index in [1.54, 1.807) is 37.3 Å². The zero-order valence-corrected chi connectivity index (χ0v) is 17.4. The predicted molar refractivity (Wildman–Crippen MR) is 115 cm³/mol. The van der Waals surface area contributed by atoms with E-state index < -0.39 is 5.25 Å². The number of carbonyl (C=O) groups is 2. The van der Waals surface area contributed by atoms with Gasteiger partial charge in [0.05, 0.1) is 21.4 Å². The third-order valence-electron chi connectivity index (χ3n) is 3.93. The molecule has 1 fully saturated rings. The van der Waals surface area contributed by atoms with E-state index in [0.29, 0.717) is 22.0 Å². The van der Waals surface area contributed by atoms with Gasteiger partial charge in [-0.05, 0) is 36.8 Å². The topological polar surface area (TPSA) is 82.9 Å². The molecule has 0 aromatic heterocycles. The highest BCUT2D eigenvalue weighted by Gasteiger charge is 2.32. The van der Waals surface area contributed by atoms with E-state index in [9.17, 15) is 14.0 Å². The van der Waals surface area contributed by atoms with E-state index in [4.69, 9.17) is 23.2 Å². The van der Waals surface area contributed by atoms with Crippen LogP contribution in [0.3, 0.4) is 0 Å². The molecule has 150 valence electrons. The molecule has 0 bridgehead atoms. The molecule has 0 saturated carbocycles. The number of benzene rings is 2. The fraction of sp³-hybridized carbons (Fsp3) is 0.158. The summed E-state index contributed by atoms with van der Waals surface area (Å²) in [6, 6.07) is 10.7. The van der Waals surface area contributed by atoms with Crippen LogP contribution in [0.2, 0.25) is 10.0 Å². The van der Waals surface area contributed by atoms with Crippen molar-refractivity contribution >= 4 is 63.3 Å². The maximum atomic E-state index is 13.0. The lowest BCUT2D eigenvalue weighted by Gasteiger charge is -2.09. The van der Waals surface area contributed by atoms with Crippen molar-refractivity contribution in [2.75, 3.05) is 5.32 Å². The number of rotatable bonds is 5. The molecule has 2 amide bonds. The minimum absolute atomic E-state index is 0.0704. The molecule has 0 radical (unpaired) electrons. The Bertz CT molecular complexity index is 1010. The number of thioether (sulfide) groups is 1. The molecule has 10 heteroatoms. The minimum Gasteiger partial charge on any atom is -0.325 e. The first-order valence-corrected chi connectivity index (χ1v) is 10.1. The van der Waals surface area contributed by atoms with Crippen LogP contribution >= 0.6 is 35.0 Å². The molecule has 1 heterocycles. The summed E-state index contributed by atoms with van der Waals surface area (Å²) in [6.45, 7) is 1.72. The Labute approximate surface area is 180 Å². The van der Waals surface area contributed by atoms with Gasteiger partial charge in [-0.25, -0.2) is 4.39 Å². The van der Waals surface area contributed by atoms with Crippen molar-refractivity contribution in [3.05, 3.63) is 63.9 Å². The van der Waals surface area contributed by atoms with Gasteiger partial charge in [0, 0.05) is 6.42 Å². The van der Waals surface area contributed by atoms with Crippen LogP contribution in [0.1, 0.15) is 18.9 Å². The zero-order chi connectivity index (χ0) is 21.0. The first kappa shape index (κ1) is 21.3. The lowest BCUT2D eigenvalue weighted by molar-refractivity contribution is -0.122. The maximum absolute atomic E-state index is 13.0. The fourth-order valence-electron chi connectivity index (χ4n) is 2.43. The molecule has 1 unspecified atom stereocenters. The Kier molecular flexibility index (Phi) is 6.89. The first-order chi connectivity index (χ1) is 13.8. The number of hydrogen-bond acceptors (Lipinski definition) is 5. The van der Waals surface area contributed by atoms with E-state index in [2.05, 4.69) is 20.8 Å². The second-order valence-corrected chi connectivity index (χ2v) is 8.02. The van der Waals surface area contributed by atoms with Crippen LogP contribution in [0.15, 0.2) is 52.7 Å². The smallest absolute Gasteiger partial charge is 0.240 e. The molecule has 2 N–H and O–H groups in total. The van der Waals surface area contributed by atoms with Crippen LogP contribution < -0.4 is 10.6 Å². The number of nitrogens with one attached hydrogen (secondary N) is 2. The molecule has 1 saturated heterocycles. The van der Waals surface area contributed by atoms with Gasteiger partial charge in [0.2, 0.25) is 11.8 Å². The van der Waals surface area contributed by atoms with Gasteiger partial charge in [-0.15, -0.1) is 5.10 Å². The number of hydrogen-bond donors (Lipinski definition) is 2. The second-order valence-electron chi connectivity index (χ2n) is 6.05. The van der Waals surface area contributed by atoms with Crippen LogP contribution in [-0.2, 0) is 9.59 Å². The number of anilines is 1. The Morgan fingerprint density at radius 3 is 2.69 bits per heavy atom. The first-order valence-electron chi connectivity index (χ1n) is 8.43. The minimum atomic E-state index is -0.645. The Balaban J connectivity index is 1.61. The van der Waals surface area contributed by atoms with E-state index in [0.717, 1.165) is 11.8 Å². The summed E-state index contributed by atoms with van der Waals surface area (Å²) < 4.78 is 13.0. The fourth-order valence-corrected chi connectivity index (χ4v) is 3.69. The van der Waals surface area contributed by atoms with Crippen molar-refractivity contribution in [3.8, 4) is 0 Å². The summed E-state index contributed by atoms with van der Waals surface area (Å²) in [4.78, 5) is 24.4. The van der Waals surface area contributed by atoms with Crippen molar-refractivity contribution in [2.24, 2.45) is 10.2 Å². The maximum Gasteiger partial charge on any atom is 0.240 e. The Morgan fingerprint density at radius 1 is 1.24 bits per heavy atom. The molecule has 0 spiro atoms. The number of halogens is 3. The summed E-state index contributed by atoms with van der Waals surface area (Å²) in [6.07, 6.45) is -0.0704. The van der Waals surface area contributed by atoms with Crippen LogP contribution in [0.5, 0.6) is 0 Å². The molecule has 2 aromatic rings. The van der Waals surface area contributed by atoms with Gasteiger partial charge < -0.3 is 10.6 Å². The molecule has 3 rings (SSSR count).